The first-order valence-electron chi connectivity index (χ1n) is 8.88. The molecule has 2 aromatic rings. The van der Waals surface area contributed by atoms with E-state index in [0.29, 0.717) is 19.6 Å². The number of hydrogen-bond donors (Lipinski definition) is 1. The van der Waals surface area contributed by atoms with E-state index in [9.17, 15) is 9.59 Å². The molecular weight excluding hydrogens is 328 g/mol. The highest BCUT2D eigenvalue weighted by Crippen LogP contribution is 2.20. The molecule has 0 radical (unpaired) electrons. The number of carbonyl (C=O) groups excluding carboxylic acids is 2. The Kier molecular flexibility index (Phi) is 5.89. The molecular formula is C21H24N2O3. The van der Waals surface area contributed by atoms with E-state index in [2.05, 4.69) is 5.32 Å². The van der Waals surface area contributed by atoms with Crippen LogP contribution in [0.2, 0.25) is 0 Å². The Bertz CT molecular complexity index is 761. The van der Waals surface area contributed by atoms with Crippen LogP contribution in [0, 0.1) is 5.92 Å². The van der Waals surface area contributed by atoms with Gasteiger partial charge in [-0.05, 0) is 29.7 Å². The van der Waals surface area contributed by atoms with Gasteiger partial charge in [0.05, 0.1) is 13.0 Å². The summed E-state index contributed by atoms with van der Waals surface area (Å²) < 4.78 is 5.21. The topological polar surface area (TPSA) is 58.6 Å². The lowest BCUT2D eigenvalue weighted by Crippen LogP contribution is -2.34. The Morgan fingerprint density at radius 3 is 2.69 bits per heavy atom. The zero-order valence-electron chi connectivity index (χ0n) is 15.0. The van der Waals surface area contributed by atoms with Crippen molar-refractivity contribution < 1.29 is 14.3 Å². The second kappa shape index (κ2) is 8.52. The van der Waals surface area contributed by atoms with Crippen LogP contribution < -0.4 is 10.1 Å². The summed E-state index contributed by atoms with van der Waals surface area (Å²) in [5.41, 5.74) is 2.19. The van der Waals surface area contributed by atoms with Gasteiger partial charge < -0.3 is 15.0 Å². The van der Waals surface area contributed by atoms with E-state index in [4.69, 9.17) is 4.74 Å². The van der Waals surface area contributed by atoms with Gasteiger partial charge in [0.15, 0.2) is 0 Å². The maximum atomic E-state index is 12.4. The van der Waals surface area contributed by atoms with Crippen LogP contribution in [0.15, 0.2) is 54.6 Å². The Labute approximate surface area is 154 Å². The van der Waals surface area contributed by atoms with Gasteiger partial charge in [0.2, 0.25) is 11.8 Å². The Balaban J connectivity index is 1.47. The smallest absolute Gasteiger partial charge is 0.225 e. The van der Waals surface area contributed by atoms with Crippen LogP contribution in [-0.2, 0) is 22.6 Å². The van der Waals surface area contributed by atoms with Crippen molar-refractivity contribution in [1.82, 2.24) is 10.2 Å². The van der Waals surface area contributed by atoms with Gasteiger partial charge in [0.25, 0.3) is 0 Å². The molecule has 2 amide bonds. The predicted octanol–water partition coefficient (Wildman–Crippen LogP) is 2.40. The van der Waals surface area contributed by atoms with Crippen LogP contribution in [-0.4, -0.2) is 36.9 Å². The van der Waals surface area contributed by atoms with Crippen molar-refractivity contribution >= 4 is 11.8 Å². The SMILES string of the molecule is COc1cccc(CCNC(=O)C2CC(=O)N(Cc3ccccc3)C2)c1. The molecule has 0 aliphatic carbocycles. The summed E-state index contributed by atoms with van der Waals surface area (Å²) in [4.78, 5) is 26.3. The quantitative estimate of drug-likeness (QED) is 0.832. The van der Waals surface area contributed by atoms with E-state index in [1.807, 2.05) is 54.6 Å². The zero-order chi connectivity index (χ0) is 18.4. The Morgan fingerprint density at radius 1 is 1.15 bits per heavy atom. The molecule has 1 N–H and O–H groups in total. The van der Waals surface area contributed by atoms with Crippen molar-refractivity contribution in [2.75, 3.05) is 20.2 Å². The minimum Gasteiger partial charge on any atom is -0.497 e. The van der Waals surface area contributed by atoms with Crippen molar-refractivity contribution in [3.63, 3.8) is 0 Å². The largest absolute Gasteiger partial charge is 0.497 e. The summed E-state index contributed by atoms with van der Waals surface area (Å²) in [5, 5.41) is 2.96. The summed E-state index contributed by atoms with van der Waals surface area (Å²) in [6.07, 6.45) is 1.02. The standard InChI is InChI=1S/C21H24N2O3/c1-26-19-9-5-8-16(12-19)10-11-22-21(25)18-13-20(24)23(15-18)14-17-6-3-2-4-7-17/h2-9,12,18H,10-11,13-15H2,1H3,(H,22,25). The van der Waals surface area contributed by atoms with Gasteiger partial charge in [-0.2, -0.15) is 0 Å². The minimum atomic E-state index is -0.267. The van der Waals surface area contributed by atoms with Crippen LogP contribution in [0.1, 0.15) is 17.5 Å². The third-order valence-corrected chi connectivity index (χ3v) is 4.65. The number of rotatable bonds is 7. The molecule has 3 rings (SSSR count). The van der Waals surface area contributed by atoms with Gasteiger partial charge in [-0.25, -0.2) is 0 Å². The van der Waals surface area contributed by atoms with Gasteiger partial charge in [0.1, 0.15) is 5.75 Å². The number of benzene rings is 2. The van der Waals surface area contributed by atoms with Gasteiger partial charge >= 0.3 is 0 Å². The first-order chi connectivity index (χ1) is 12.7. The molecule has 1 unspecified atom stereocenters. The van der Waals surface area contributed by atoms with Gasteiger partial charge in [-0.1, -0.05) is 42.5 Å². The molecule has 26 heavy (non-hydrogen) atoms. The number of carbonyl (C=O) groups is 2. The predicted molar refractivity (Wildman–Crippen MR) is 99.7 cm³/mol. The fourth-order valence-corrected chi connectivity index (χ4v) is 3.21. The van der Waals surface area contributed by atoms with E-state index in [1.54, 1.807) is 12.0 Å². The molecule has 0 bridgehead atoms. The molecule has 1 aliphatic heterocycles. The van der Waals surface area contributed by atoms with E-state index in [1.165, 1.54) is 0 Å². The van der Waals surface area contributed by atoms with E-state index in [0.717, 1.165) is 23.3 Å². The van der Waals surface area contributed by atoms with Crippen LogP contribution in [0.25, 0.3) is 0 Å². The maximum absolute atomic E-state index is 12.4. The molecule has 5 heteroatoms. The van der Waals surface area contributed by atoms with Crippen LogP contribution in [0.4, 0.5) is 0 Å². The van der Waals surface area contributed by atoms with Gasteiger partial charge in [-0.15, -0.1) is 0 Å². The second-order valence-corrected chi connectivity index (χ2v) is 6.55. The van der Waals surface area contributed by atoms with Crippen LogP contribution in [0.5, 0.6) is 5.75 Å². The summed E-state index contributed by atoms with van der Waals surface area (Å²) in [6, 6.07) is 17.7. The van der Waals surface area contributed by atoms with Crippen molar-refractivity contribution in [3.05, 3.63) is 65.7 Å². The van der Waals surface area contributed by atoms with Crippen molar-refractivity contribution in [1.29, 1.82) is 0 Å². The number of hydrogen-bond acceptors (Lipinski definition) is 3. The maximum Gasteiger partial charge on any atom is 0.225 e. The van der Waals surface area contributed by atoms with Crippen molar-refractivity contribution in [2.24, 2.45) is 5.92 Å². The monoisotopic (exact) mass is 352 g/mol. The molecule has 2 aromatic carbocycles. The molecule has 1 heterocycles. The third-order valence-electron chi connectivity index (χ3n) is 4.65. The normalized spacial score (nSPS) is 16.6. The number of amides is 2. The number of methoxy groups -OCH3 is 1. The van der Waals surface area contributed by atoms with E-state index >= 15 is 0 Å². The highest BCUT2D eigenvalue weighted by molar-refractivity contribution is 5.89. The summed E-state index contributed by atoms with van der Waals surface area (Å²) in [7, 11) is 1.64. The minimum absolute atomic E-state index is 0.0433. The lowest BCUT2D eigenvalue weighted by atomic mass is 10.1. The number of nitrogens with one attached hydrogen (secondary N) is 1. The molecule has 5 nitrogen and oxygen atoms in total. The lowest BCUT2D eigenvalue weighted by molar-refractivity contribution is -0.129. The summed E-state index contributed by atoms with van der Waals surface area (Å²) >= 11 is 0. The fraction of sp³-hybridized carbons (Fsp3) is 0.333. The number of ether oxygens (including phenoxy) is 1. The second-order valence-electron chi connectivity index (χ2n) is 6.55. The number of likely N-dealkylation sites (tertiary alicyclic amines) is 1. The first-order valence-corrected chi connectivity index (χ1v) is 8.88. The average Bonchev–Trinajstić information content (AvgIpc) is 3.03. The molecule has 0 saturated carbocycles. The van der Waals surface area contributed by atoms with E-state index < -0.39 is 0 Å². The molecule has 0 spiro atoms. The van der Waals surface area contributed by atoms with E-state index in [-0.39, 0.29) is 24.2 Å². The van der Waals surface area contributed by atoms with Crippen LogP contribution >= 0.6 is 0 Å². The highest BCUT2D eigenvalue weighted by Gasteiger charge is 2.33. The molecule has 1 atom stereocenters. The highest BCUT2D eigenvalue weighted by atomic mass is 16.5. The van der Waals surface area contributed by atoms with Gasteiger partial charge in [-0.3, -0.25) is 9.59 Å². The van der Waals surface area contributed by atoms with Gasteiger partial charge in [0, 0.05) is 26.1 Å². The Morgan fingerprint density at radius 2 is 1.92 bits per heavy atom. The molecule has 1 aliphatic rings. The summed E-state index contributed by atoms with van der Waals surface area (Å²) in [6.45, 7) is 1.60. The van der Waals surface area contributed by atoms with Crippen molar-refractivity contribution in [3.8, 4) is 5.75 Å². The van der Waals surface area contributed by atoms with Crippen LogP contribution in [0.3, 0.4) is 0 Å². The Hall–Kier alpha value is -2.82. The third kappa shape index (κ3) is 4.63. The lowest BCUT2D eigenvalue weighted by Gasteiger charge is -2.16. The molecule has 1 saturated heterocycles. The summed E-state index contributed by atoms with van der Waals surface area (Å²) in [5.74, 6) is 0.543. The van der Waals surface area contributed by atoms with Crippen molar-refractivity contribution in [2.45, 2.75) is 19.4 Å². The molecule has 1 fully saturated rings. The fourth-order valence-electron chi connectivity index (χ4n) is 3.21. The molecule has 136 valence electrons. The first kappa shape index (κ1) is 18.0. The number of nitrogens with zero attached hydrogens (tertiary/aromatic N) is 1. The molecule has 0 aromatic heterocycles. The average molecular weight is 352 g/mol. The zero-order valence-corrected chi connectivity index (χ0v) is 15.0.